The molecule has 4 N–H and O–H groups in total. The molecule has 2 aromatic rings. The van der Waals surface area contributed by atoms with E-state index in [1.54, 1.807) is 0 Å². The quantitative estimate of drug-likeness (QED) is 0.489. The molecule has 5 nitrogen and oxygen atoms in total. The van der Waals surface area contributed by atoms with Crippen LogP contribution in [0.2, 0.25) is 0 Å². The van der Waals surface area contributed by atoms with E-state index in [0.29, 0.717) is 5.39 Å². The lowest BCUT2D eigenvalue weighted by atomic mass is 10.4. The Labute approximate surface area is 61.2 Å². The Hall–Kier alpha value is -1.78. The predicted octanol–water partition coefficient (Wildman–Crippen LogP) is 0.759. The summed E-state index contributed by atoms with van der Waals surface area (Å²) < 4.78 is 5.57. The Morgan fingerprint density at radius 2 is 2.27 bits per heavy atom. The summed E-state index contributed by atoms with van der Waals surface area (Å²) in [6, 6.07) is 1.50. The number of nitrogens with zero attached hydrogens (tertiary/aromatic N) is 1. The first-order valence-electron chi connectivity index (χ1n) is 2.97. The molecule has 58 valence electrons. The number of hydrogen-bond donors (Lipinski definition) is 3. The molecule has 0 aliphatic carbocycles. The first-order valence-corrected chi connectivity index (χ1v) is 2.97. The van der Waals surface area contributed by atoms with Crippen LogP contribution in [0.3, 0.4) is 0 Å². The zero-order valence-electron chi connectivity index (χ0n) is 5.48. The average molecular weight is 154 g/mol. The molecule has 0 aliphatic heterocycles. The monoisotopic (exact) mass is 154 g/mol. The van der Waals surface area contributed by atoms with Gasteiger partial charge in [0.2, 0.25) is 11.6 Å². The number of rotatable bonds is 0. The third-order valence-electron chi connectivity index (χ3n) is 1.52. The summed E-state index contributed by atoms with van der Waals surface area (Å²) >= 11 is 0. The van der Waals surface area contributed by atoms with Crippen LogP contribution in [0, 0.1) is 0 Å². The van der Waals surface area contributed by atoms with Gasteiger partial charge in [0.25, 0.3) is 0 Å². The summed E-state index contributed by atoms with van der Waals surface area (Å²) in [6.45, 7) is 0. The molecular weight excluding hydrogens is 148 g/mol. The van der Waals surface area contributed by atoms with Crippen molar-refractivity contribution in [2.24, 2.45) is 0 Å². The Bertz CT molecular complexity index is 401. The fraction of sp³-hybridized carbons (Fsp3) is 0. The highest BCUT2D eigenvalue weighted by Crippen LogP contribution is 2.33. The number of aromatic nitrogens is 1. The zero-order valence-corrected chi connectivity index (χ0v) is 5.48. The van der Waals surface area contributed by atoms with E-state index < -0.39 is 0 Å². The van der Waals surface area contributed by atoms with E-state index in [1.807, 2.05) is 0 Å². The van der Waals surface area contributed by atoms with Crippen molar-refractivity contribution < 1.29 is 14.7 Å². The van der Waals surface area contributed by atoms with Crippen molar-refractivity contribution in [3.63, 3.8) is 0 Å². The number of furan rings is 1. The van der Waals surface area contributed by atoms with E-state index in [0.717, 1.165) is 4.73 Å². The van der Waals surface area contributed by atoms with Crippen LogP contribution in [0.4, 0.5) is 5.88 Å². The summed E-state index contributed by atoms with van der Waals surface area (Å²) in [6.07, 6.45) is 1.35. The second kappa shape index (κ2) is 1.63. The third kappa shape index (κ3) is 0.590. The Kier molecular flexibility index (Phi) is 0.883. The minimum Gasteiger partial charge on any atom is -0.503 e. The summed E-state index contributed by atoms with van der Waals surface area (Å²) in [5, 5.41) is 18.6. The molecule has 2 rings (SSSR count). The van der Waals surface area contributed by atoms with Gasteiger partial charge in [-0.3, -0.25) is 0 Å². The van der Waals surface area contributed by atoms with E-state index in [9.17, 15) is 0 Å². The summed E-state index contributed by atoms with van der Waals surface area (Å²) in [7, 11) is 0. The van der Waals surface area contributed by atoms with E-state index in [2.05, 4.69) is 0 Å². The van der Waals surface area contributed by atoms with E-state index >= 15 is 0 Å². The van der Waals surface area contributed by atoms with Crippen LogP contribution in [0.15, 0.2) is 16.7 Å². The third-order valence-corrected chi connectivity index (χ3v) is 1.52. The maximum atomic E-state index is 9.17. The van der Waals surface area contributed by atoms with Crippen LogP contribution >= 0.6 is 0 Å². The topological polar surface area (TPSA) is 84.5 Å². The standard InChI is InChI=1S/C6H6N2O3/c7-5-4(9)3-1-2-8(10)6(3)11-5/h1-2,9-10H,7H2. The molecule has 0 aliphatic rings. The fourth-order valence-corrected chi connectivity index (χ4v) is 0.975. The minimum absolute atomic E-state index is 0.0848. The number of aromatic hydroxyl groups is 1. The molecule has 0 atom stereocenters. The molecule has 0 spiro atoms. The molecule has 0 amide bonds. The summed E-state index contributed by atoms with van der Waals surface area (Å²) in [4.78, 5) is 0. The molecule has 0 unspecified atom stereocenters. The normalized spacial score (nSPS) is 10.9. The fourth-order valence-electron chi connectivity index (χ4n) is 0.975. The lowest BCUT2D eigenvalue weighted by Crippen LogP contribution is -1.83. The number of nitrogens with two attached hydrogens (primary N) is 1. The lowest BCUT2D eigenvalue weighted by Gasteiger charge is -1.86. The van der Waals surface area contributed by atoms with Crippen LogP contribution in [-0.2, 0) is 0 Å². The largest absolute Gasteiger partial charge is 0.503 e. The van der Waals surface area contributed by atoms with Gasteiger partial charge in [0, 0.05) is 6.20 Å². The van der Waals surface area contributed by atoms with Crippen LogP contribution in [0.5, 0.6) is 5.75 Å². The highest BCUT2D eigenvalue weighted by molar-refractivity contribution is 5.86. The number of fused-ring (bicyclic) bond motifs is 1. The summed E-state index contributed by atoms with van der Waals surface area (Å²) in [5.74, 6) is -0.216. The molecule has 0 saturated carbocycles. The Morgan fingerprint density at radius 3 is 2.91 bits per heavy atom. The van der Waals surface area contributed by atoms with Gasteiger partial charge >= 0.3 is 0 Å². The molecule has 0 fully saturated rings. The molecule has 0 radical (unpaired) electrons. The van der Waals surface area contributed by atoms with Gasteiger partial charge in [-0.15, -0.1) is 0 Å². The van der Waals surface area contributed by atoms with E-state index in [4.69, 9.17) is 20.5 Å². The molecule has 2 aromatic heterocycles. The number of hydrogen-bond acceptors (Lipinski definition) is 4. The second-order valence-electron chi connectivity index (χ2n) is 2.19. The van der Waals surface area contributed by atoms with Gasteiger partial charge in [0.05, 0.1) is 5.39 Å². The van der Waals surface area contributed by atoms with Crippen molar-refractivity contribution in [1.82, 2.24) is 4.73 Å². The van der Waals surface area contributed by atoms with Crippen molar-refractivity contribution in [3.05, 3.63) is 12.3 Å². The maximum absolute atomic E-state index is 9.17. The van der Waals surface area contributed by atoms with Gasteiger partial charge in [0.15, 0.2) is 5.75 Å². The molecular formula is C6H6N2O3. The van der Waals surface area contributed by atoms with E-state index in [1.165, 1.54) is 12.3 Å². The van der Waals surface area contributed by atoms with Crippen LogP contribution in [-0.4, -0.2) is 15.0 Å². The highest BCUT2D eigenvalue weighted by atomic mass is 16.5. The Morgan fingerprint density at radius 1 is 1.55 bits per heavy atom. The predicted molar refractivity (Wildman–Crippen MR) is 37.5 cm³/mol. The van der Waals surface area contributed by atoms with Gasteiger partial charge in [-0.2, -0.15) is 4.73 Å². The average Bonchev–Trinajstić information content (AvgIpc) is 2.43. The highest BCUT2D eigenvalue weighted by Gasteiger charge is 2.13. The van der Waals surface area contributed by atoms with Crippen molar-refractivity contribution in [1.29, 1.82) is 0 Å². The second-order valence-corrected chi connectivity index (χ2v) is 2.19. The van der Waals surface area contributed by atoms with Crippen molar-refractivity contribution >= 4 is 17.0 Å². The Balaban J connectivity index is 2.93. The van der Waals surface area contributed by atoms with E-state index in [-0.39, 0.29) is 17.3 Å². The summed E-state index contributed by atoms with van der Waals surface area (Å²) in [5.41, 5.74) is 5.38. The first-order chi connectivity index (χ1) is 5.20. The SMILES string of the molecule is Nc1oc2c(ccn2O)c1O. The van der Waals surface area contributed by atoms with Gasteiger partial charge in [-0.25, -0.2) is 0 Å². The number of anilines is 1. The maximum Gasteiger partial charge on any atom is 0.245 e. The van der Waals surface area contributed by atoms with Crippen molar-refractivity contribution in [2.75, 3.05) is 5.73 Å². The molecule has 0 bridgehead atoms. The minimum atomic E-state index is -0.132. The van der Waals surface area contributed by atoms with Gasteiger partial charge < -0.3 is 20.5 Å². The molecule has 2 heterocycles. The molecule has 0 aromatic carbocycles. The molecule has 0 saturated heterocycles. The smallest absolute Gasteiger partial charge is 0.245 e. The number of nitrogen functional groups attached to an aromatic ring is 1. The molecule has 5 heteroatoms. The molecule has 11 heavy (non-hydrogen) atoms. The first kappa shape index (κ1) is 5.96. The van der Waals surface area contributed by atoms with Crippen molar-refractivity contribution in [3.8, 4) is 5.75 Å². The van der Waals surface area contributed by atoms with Crippen LogP contribution in [0.25, 0.3) is 11.1 Å². The van der Waals surface area contributed by atoms with Gasteiger partial charge in [0.1, 0.15) is 0 Å². The lowest BCUT2D eigenvalue weighted by molar-refractivity contribution is 0.189. The van der Waals surface area contributed by atoms with Gasteiger partial charge in [-0.05, 0) is 6.07 Å². The van der Waals surface area contributed by atoms with Crippen LogP contribution in [0.1, 0.15) is 0 Å². The zero-order chi connectivity index (χ0) is 8.01. The van der Waals surface area contributed by atoms with Gasteiger partial charge in [-0.1, -0.05) is 0 Å². The van der Waals surface area contributed by atoms with Crippen LogP contribution < -0.4 is 5.73 Å². The van der Waals surface area contributed by atoms with Crippen molar-refractivity contribution in [2.45, 2.75) is 0 Å².